The third-order valence-corrected chi connectivity index (χ3v) is 4.10. The van der Waals surface area contributed by atoms with E-state index >= 15 is 0 Å². The normalized spacial score (nSPS) is 22.7. The monoisotopic (exact) mass is 259 g/mol. The van der Waals surface area contributed by atoms with E-state index in [4.69, 9.17) is 11.1 Å². The fourth-order valence-electron chi connectivity index (χ4n) is 3.07. The Morgan fingerprint density at radius 3 is 2.74 bits per heavy atom. The number of hydrogen-bond acceptors (Lipinski definition) is 2. The summed E-state index contributed by atoms with van der Waals surface area (Å²) in [7, 11) is 0. The molecule has 1 aliphatic heterocycles. The third kappa shape index (κ3) is 3.80. The van der Waals surface area contributed by atoms with Crippen LogP contribution in [0.15, 0.2) is 30.3 Å². The van der Waals surface area contributed by atoms with Crippen LogP contribution in [-0.2, 0) is 0 Å². The molecule has 0 amide bonds. The molecule has 0 aromatic heterocycles. The molecule has 0 saturated carbocycles. The van der Waals surface area contributed by atoms with Gasteiger partial charge in [0.25, 0.3) is 0 Å². The second-order valence-corrected chi connectivity index (χ2v) is 5.59. The topological polar surface area (TPSA) is 53.1 Å². The number of nitrogens with zero attached hydrogens (tertiary/aromatic N) is 1. The van der Waals surface area contributed by atoms with Crippen LogP contribution in [0.4, 0.5) is 0 Å². The molecule has 0 radical (unpaired) electrons. The van der Waals surface area contributed by atoms with Gasteiger partial charge >= 0.3 is 0 Å². The van der Waals surface area contributed by atoms with Gasteiger partial charge in [-0.2, -0.15) is 0 Å². The Morgan fingerprint density at radius 2 is 2.05 bits per heavy atom. The highest BCUT2D eigenvalue weighted by atomic mass is 15.2. The smallest absolute Gasteiger partial charge is 0.0924 e. The minimum Gasteiger partial charge on any atom is -0.388 e. The molecular formula is C16H25N3. The molecule has 3 nitrogen and oxygen atoms in total. The minimum absolute atomic E-state index is 0.256. The molecule has 1 aliphatic rings. The summed E-state index contributed by atoms with van der Waals surface area (Å²) < 4.78 is 0. The second kappa shape index (κ2) is 6.71. The molecule has 1 heterocycles. The van der Waals surface area contributed by atoms with Gasteiger partial charge < -0.3 is 5.73 Å². The molecular weight excluding hydrogens is 234 g/mol. The van der Waals surface area contributed by atoms with Gasteiger partial charge in [-0.25, -0.2) is 0 Å². The molecule has 2 rings (SSSR count). The van der Waals surface area contributed by atoms with Gasteiger partial charge in [-0.15, -0.1) is 0 Å². The van der Waals surface area contributed by atoms with Crippen LogP contribution in [0.25, 0.3) is 0 Å². The van der Waals surface area contributed by atoms with Crippen molar-refractivity contribution in [3.05, 3.63) is 35.9 Å². The van der Waals surface area contributed by atoms with E-state index in [0.717, 1.165) is 6.54 Å². The number of benzene rings is 1. The maximum absolute atomic E-state index is 7.66. The van der Waals surface area contributed by atoms with Crippen molar-refractivity contribution >= 4 is 5.84 Å². The first-order valence-electron chi connectivity index (χ1n) is 7.32. The zero-order chi connectivity index (χ0) is 13.7. The molecule has 1 fully saturated rings. The van der Waals surface area contributed by atoms with Crippen LogP contribution >= 0.6 is 0 Å². The van der Waals surface area contributed by atoms with Gasteiger partial charge in [0.1, 0.15) is 0 Å². The summed E-state index contributed by atoms with van der Waals surface area (Å²) in [5.74, 6) is 0.283. The van der Waals surface area contributed by atoms with Gasteiger partial charge in [0, 0.05) is 18.5 Å². The first-order chi connectivity index (χ1) is 9.18. The summed E-state index contributed by atoms with van der Waals surface area (Å²) in [4.78, 5) is 2.55. The van der Waals surface area contributed by atoms with E-state index in [1.165, 1.54) is 31.2 Å². The standard InChI is InChI=1S/C16H25N3/c1-13-8-4-3-7-11-19(13)15(12-16(17)18)14-9-5-2-6-10-14/h2,5-6,9-10,13,15H,3-4,7-8,11-12H2,1H3,(H3,17,18). The molecule has 3 heteroatoms. The average molecular weight is 259 g/mol. The van der Waals surface area contributed by atoms with E-state index in [-0.39, 0.29) is 11.9 Å². The van der Waals surface area contributed by atoms with Crippen molar-refractivity contribution in [1.29, 1.82) is 5.41 Å². The fraction of sp³-hybridized carbons (Fsp3) is 0.562. The maximum Gasteiger partial charge on any atom is 0.0924 e. The summed E-state index contributed by atoms with van der Waals surface area (Å²) in [6, 6.07) is 11.3. The third-order valence-electron chi connectivity index (χ3n) is 4.10. The molecule has 0 bridgehead atoms. The highest BCUT2D eigenvalue weighted by Gasteiger charge is 2.26. The molecule has 2 atom stereocenters. The second-order valence-electron chi connectivity index (χ2n) is 5.59. The lowest BCUT2D eigenvalue weighted by atomic mass is 9.99. The van der Waals surface area contributed by atoms with Crippen LogP contribution in [0, 0.1) is 5.41 Å². The van der Waals surface area contributed by atoms with E-state index in [9.17, 15) is 0 Å². The lowest BCUT2D eigenvalue weighted by Crippen LogP contribution is -2.38. The SMILES string of the molecule is CC1CCCCCN1C(CC(=N)N)c1ccccc1. The van der Waals surface area contributed by atoms with Gasteiger partial charge in [-0.05, 0) is 31.9 Å². The number of rotatable bonds is 4. The van der Waals surface area contributed by atoms with E-state index in [0.29, 0.717) is 12.5 Å². The summed E-state index contributed by atoms with van der Waals surface area (Å²) in [5, 5.41) is 7.66. The average Bonchev–Trinajstić information content (AvgIpc) is 2.62. The van der Waals surface area contributed by atoms with Crippen LogP contribution in [0.5, 0.6) is 0 Å². The predicted molar refractivity (Wildman–Crippen MR) is 80.4 cm³/mol. The number of nitrogens with two attached hydrogens (primary N) is 1. The molecule has 0 spiro atoms. The van der Waals surface area contributed by atoms with Gasteiger partial charge in [0.05, 0.1) is 5.84 Å². The fourth-order valence-corrected chi connectivity index (χ4v) is 3.07. The van der Waals surface area contributed by atoms with Crippen molar-refractivity contribution in [3.63, 3.8) is 0 Å². The summed E-state index contributed by atoms with van der Waals surface area (Å²) >= 11 is 0. The van der Waals surface area contributed by atoms with Crippen LogP contribution in [0.2, 0.25) is 0 Å². The van der Waals surface area contributed by atoms with Crippen molar-refractivity contribution in [1.82, 2.24) is 4.90 Å². The largest absolute Gasteiger partial charge is 0.388 e. The number of likely N-dealkylation sites (tertiary alicyclic amines) is 1. The molecule has 19 heavy (non-hydrogen) atoms. The molecule has 1 aromatic rings. The van der Waals surface area contributed by atoms with Crippen LogP contribution < -0.4 is 5.73 Å². The molecule has 1 saturated heterocycles. The highest BCUT2D eigenvalue weighted by molar-refractivity contribution is 5.77. The Hall–Kier alpha value is -1.35. The Kier molecular flexibility index (Phi) is 4.97. The first kappa shape index (κ1) is 14.1. The Balaban J connectivity index is 2.23. The van der Waals surface area contributed by atoms with E-state index in [1.807, 2.05) is 6.07 Å². The highest BCUT2D eigenvalue weighted by Crippen LogP contribution is 2.30. The van der Waals surface area contributed by atoms with E-state index < -0.39 is 0 Å². The van der Waals surface area contributed by atoms with Gasteiger partial charge in [0.15, 0.2) is 0 Å². The van der Waals surface area contributed by atoms with Crippen LogP contribution in [0.3, 0.4) is 0 Å². The zero-order valence-electron chi connectivity index (χ0n) is 11.8. The Labute approximate surface area is 116 Å². The summed E-state index contributed by atoms with van der Waals surface area (Å²) in [6.45, 7) is 3.43. The molecule has 0 aliphatic carbocycles. The van der Waals surface area contributed by atoms with E-state index in [2.05, 4.69) is 36.1 Å². The van der Waals surface area contributed by atoms with Gasteiger partial charge in [0.2, 0.25) is 0 Å². The lowest BCUT2D eigenvalue weighted by Gasteiger charge is -2.35. The molecule has 1 aromatic carbocycles. The quantitative estimate of drug-likeness (QED) is 0.644. The molecule has 3 N–H and O–H groups in total. The van der Waals surface area contributed by atoms with Crippen molar-refractivity contribution in [2.75, 3.05) is 6.54 Å². The molecule has 104 valence electrons. The number of amidine groups is 1. The predicted octanol–water partition coefficient (Wildman–Crippen LogP) is 3.32. The molecule has 2 unspecified atom stereocenters. The summed E-state index contributed by atoms with van der Waals surface area (Å²) in [5.41, 5.74) is 6.96. The van der Waals surface area contributed by atoms with Crippen LogP contribution in [-0.4, -0.2) is 23.3 Å². The first-order valence-corrected chi connectivity index (χ1v) is 7.32. The van der Waals surface area contributed by atoms with Gasteiger partial charge in [-0.1, -0.05) is 43.2 Å². The Morgan fingerprint density at radius 1 is 1.32 bits per heavy atom. The van der Waals surface area contributed by atoms with Crippen molar-refractivity contribution in [3.8, 4) is 0 Å². The van der Waals surface area contributed by atoms with Crippen molar-refractivity contribution in [2.24, 2.45) is 5.73 Å². The van der Waals surface area contributed by atoms with Crippen LogP contribution in [0.1, 0.15) is 50.6 Å². The zero-order valence-corrected chi connectivity index (χ0v) is 11.8. The maximum atomic E-state index is 7.66. The van der Waals surface area contributed by atoms with Crippen molar-refractivity contribution < 1.29 is 0 Å². The number of nitrogens with one attached hydrogen (secondary N) is 1. The summed E-state index contributed by atoms with van der Waals surface area (Å²) in [6.07, 6.45) is 5.78. The van der Waals surface area contributed by atoms with Crippen molar-refractivity contribution in [2.45, 2.75) is 51.1 Å². The van der Waals surface area contributed by atoms with E-state index in [1.54, 1.807) is 0 Å². The minimum atomic E-state index is 0.256. The Bertz CT molecular complexity index is 402. The van der Waals surface area contributed by atoms with Gasteiger partial charge in [-0.3, -0.25) is 10.3 Å². The number of hydrogen-bond donors (Lipinski definition) is 2. The lowest BCUT2D eigenvalue weighted by molar-refractivity contribution is 0.150.